The molecule has 5 N–H and O–H groups in total. The zero-order valence-corrected chi connectivity index (χ0v) is 10.3. The van der Waals surface area contributed by atoms with Gasteiger partial charge in [-0.1, -0.05) is 0 Å². The van der Waals surface area contributed by atoms with Gasteiger partial charge >= 0.3 is 17.9 Å². The topological polar surface area (TPSA) is 153 Å². The number of nitrogens with one attached hydrogen (secondary N) is 2. The molecule has 0 saturated heterocycles. The summed E-state index contributed by atoms with van der Waals surface area (Å²) in [6.07, 6.45) is 0.624. The normalized spacial score (nSPS) is 24.9. The number of aromatic amines is 1. The number of carboxylic acids is 3. The zero-order valence-electron chi connectivity index (χ0n) is 10.3. The Balaban J connectivity index is 2.45. The predicted octanol–water partition coefficient (Wildman–Crippen LogP) is -0.847. The minimum atomic E-state index is -1.81. The van der Waals surface area contributed by atoms with Crippen LogP contribution in [0.2, 0.25) is 0 Å². The van der Waals surface area contributed by atoms with Crippen LogP contribution in [0.4, 0.5) is 0 Å². The molecule has 20 heavy (non-hydrogen) atoms. The number of carboxylic acid groups (broad SMARTS) is 3. The molecule has 0 spiro atoms. The minimum Gasteiger partial charge on any atom is -0.481 e. The minimum absolute atomic E-state index is 0.0623. The summed E-state index contributed by atoms with van der Waals surface area (Å²) in [4.78, 5) is 40.1. The molecule has 0 saturated carbocycles. The first-order valence-corrected chi connectivity index (χ1v) is 5.85. The molecule has 1 aliphatic rings. The highest BCUT2D eigenvalue weighted by atomic mass is 16.4. The molecule has 0 unspecified atom stereocenters. The van der Waals surface area contributed by atoms with E-state index in [9.17, 15) is 19.5 Å². The van der Waals surface area contributed by atoms with Crippen LogP contribution < -0.4 is 5.32 Å². The predicted molar refractivity (Wildman–Crippen MR) is 63.0 cm³/mol. The van der Waals surface area contributed by atoms with Crippen molar-refractivity contribution in [1.29, 1.82) is 0 Å². The summed E-state index contributed by atoms with van der Waals surface area (Å²) in [5.74, 6) is -3.72. The number of hydrogen-bond donors (Lipinski definition) is 5. The van der Waals surface area contributed by atoms with E-state index in [-0.39, 0.29) is 18.5 Å². The molecule has 9 heteroatoms. The number of nitrogens with zero attached hydrogens (tertiary/aromatic N) is 1. The molecule has 0 fully saturated rings. The lowest BCUT2D eigenvalue weighted by Gasteiger charge is -2.36. The van der Waals surface area contributed by atoms with E-state index >= 15 is 0 Å². The van der Waals surface area contributed by atoms with Crippen molar-refractivity contribution in [2.24, 2.45) is 0 Å². The average molecular weight is 283 g/mol. The monoisotopic (exact) mass is 283 g/mol. The first-order chi connectivity index (χ1) is 9.36. The summed E-state index contributed by atoms with van der Waals surface area (Å²) in [5, 5.41) is 29.8. The Kier molecular flexibility index (Phi) is 3.45. The summed E-state index contributed by atoms with van der Waals surface area (Å²) < 4.78 is 0. The molecule has 0 radical (unpaired) electrons. The molecular weight excluding hydrogens is 270 g/mol. The number of imidazole rings is 1. The molecule has 2 heterocycles. The van der Waals surface area contributed by atoms with Crippen molar-refractivity contribution in [3.05, 3.63) is 17.7 Å². The average Bonchev–Trinajstić information content (AvgIpc) is 2.83. The number of aliphatic carboxylic acids is 3. The standard InChI is InChI=1S/C11H13N3O6/c15-7(16)1-2-11(10(19)20)8-5(12-4-13-8)3-6(14-11)9(17)18/h4,6,14H,1-3H2,(H,12,13)(H,15,16)(H,17,18)(H,19,20)/t6-,11-/m1/s1. The van der Waals surface area contributed by atoms with Crippen LogP contribution in [-0.4, -0.2) is 49.2 Å². The SMILES string of the molecule is O=C(O)CC[C@@]1(C(=O)O)N[C@@H](C(=O)O)Cc2[nH]cnc21. The fourth-order valence-corrected chi connectivity index (χ4v) is 2.37. The Morgan fingerprint density at radius 2 is 2.05 bits per heavy atom. The van der Waals surface area contributed by atoms with Gasteiger partial charge in [0.25, 0.3) is 0 Å². The Morgan fingerprint density at radius 1 is 1.35 bits per heavy atom. The Bertz CT molecular complexity index is 568. The lowest BCUT2D eigenvalue weighted by Crippen LogP contribution is -2.60. The molecule has 0 bridgehead atoms. The summed E-state index contributed by atoms with van der Waals surface area (Å²) in [7, 11) is 0. The summed E-state index contributed by atoms with van der Waals surface area (Å²) in [6.45, 7) is 0. The molecule has 1 aromatic heterocycles. The van der Waals surface area contributed by atoms with Crippen LogP contribution in [0.15, 0.2) is 6.33 Å². The third kappa shape index (κ3) is 2.23. The molecule has 2 atom stereocenters. The largest absolute Gasteiger partial charge is 0.481 e. The van der Waals surface area contributed by atoms with Crippen LogP contribution in [0, 0.1) is 0 Å². The van der Waals surface area contributed by atoms with E-state index in [2.05, 4.69) is 15.3 Å². The van der Waals surface area contributed by atoms with Gasteiger partial charge in [0.2, 0.25) is 0 Å². The van der Waals surface area contributed by atoms with Crippen LogP contribution in [0.1, 0.15) is 24.2 Å². The van der Waals surface area contributed by atoms with Crippen LogP contribution in [0.25, 0.3) is 0 Å². The second-order valence-corrected chi connectivity index (χ2v) is 4.57. The molecule has 1 aromatic rings. The van der Waals surface area contributed by atoms with Crippen molar-refractivity contribution in [1.82, 2.24) is 15.3 Å². The van der Waals surface area contributed by atoms with Crippen molar-refractivity contribution in [2.75, 3.05) is 0 Å². The van der Waals surface area contributed by atoms with Gasteiger partial charge in [0.15, 0.2) is 5.54 Å². The molecule has 2 rings (SSSR count). The molecule has 1 aliphatic heterocycles. The summed E-state index contributed by atoms with van der Waals surface area (Å²) in [6, 6.07) is -1.12. The highest BCUT2D eigenvalue weighted by Crippen LogP contribution is 2.33. The number of rotatable bonds is 5. The molecular formula is C11H13N3O6. The number of aromatic nitrogens is 2. The van der Waals surface area contributed by atoms with Crippen LogP contribution >= 0.6 is 0 Å². The second-order valence-electron chi connectivity index (χ2n) is 4.57. The summed E-state index contributed by atoms with van der Waals surface area (Å²) >= 11 is 0. The van der Waals surface area contributed by atoms with Gasteiger partial charge < -0.3 is 20.3 Å². The van der Waals surface area contributed by atoms with Gasteiger partial charge in [-0.2, -0.15) is 0 Å². The third-order valence-corrected chi connectivity index (χ3v) is 3.33. The van der Waals surface area contributed by atoms with Crippen molar-refractivity contribution in [3.63, 3.8) is 0 Å². The van der Waals surface area contributed by atoms with Gasteiger partial charge in [-0.3, -0.25) is 14.9 Å². The second kappa shape index (κ2) is 4.93. The van der Waals surface area contributed by atoms with E-state index < -0.39 is 35.9 Å². The zero-order chi connectivity index (χ0) is 14.9. The van der Waals surface area contributed by atoms with Crippen LogP contribution in [0.3, 0.4) is 0 Å². The van der Waals surface area contributed by atoms with E-state index in [0.29, 0.717) is 5.69 Å². The molecule has 0 aromatic carbocycles. The number of fused-ring (bicyclic) bond motifs is 1. The van der Waals surface area contributed by atoms with Crippen LogP contribution in [0.5, 0.6) is 0 Å². The number of carbonyl (C=O) groups is 3. The quantitative estimate of drug-likeness (QED) is 0.468. The van der Waals surface area contributed by atoms with Gasteiger partial charge in [0.05, 0.1) is 12.0 Å². The maximum atomic E-state index is 11.6. The summed E-state index contributed by atoms with van der Waals surface area (Å²) in [5.41, 5.74) is -1.28. The lowest BCUT2D eigenvalue weighted by molar-refractivity contribution is -0.149. The van der Waals surface area contributed by atoms with E-state index in [1.54, 1.807) is 0 Å². The van der Waals surface area contributed by atoms with E-state index in [1.807, 2.05) is 0 Å². The smallest absolute Gasteiger partial charge is 0.330 e. The number of H-pyrrole nitrogens is 1. The van der Waals surface area contributed by atoms with E-state index in [4.69, 9.17) is 10.2 Å². The highest BCUT2D eigenvalue weighted by molar-refractivity contribution is 5.84. The van der Waals surface area contributed by atoms with Gasteiger partial charge in [-0.05, 0) is 6.42 Å². The molecule has 0 aliphatic carbocycles. The maximum absolute atomic E-state index is 11.6. The van der Waals surface area contributed by atoms with E-state index in [0.717, 1.165) is 0 Å². The Morgan fingerprint density at radius 3 is 2.60 bits per heavy atom. The fraction of sp³-hybridized carbons (Fsp3) is 0.455. The van der Waals surface area contributed by atoms with Gasteiger partial charge in [-0.15, -0.1) is 0 Å². The van der Waals surface area contributed by atoms with Crippen molar-refractivity contribution in [2.45, 2.75) is 30.8 Å². The lowest BCUT2D eigenvalue weighted by atomic mass is 9.82. The molecule has 9 nitrogen and oxygen atoms in total. The van der Waals surface area contributed by atoms with Crippen molar-refractivity contribution < 1.29 is 29.7 Å². The highest BCUT2D eigenvalue weighted by Gasteiger charge is 2.50. The maximum Gasteiger partial charge on any atom is 0.330 e. The van der Waals surface area contributed by atoms with E-state index in [1.165, 1.54) is 6.33 Å². The van der Waals surface area contributed by atoms with Crippen LogP contribution in [-0.2, 0) is 26.3 Å². The third-order valence-electron chi connectivity index (χ3n) is 3.33. The first kappa shape index (κ1) is 14.0. The fourth-order valence-electron chi connectivity index (χ4n) is 2.37. The van der Waals surface area contributed by atoms with Gasteiger partial charge in [0, 0.05) is 18.5 Å². The van der Waals surface area contributed by atoms with Gasteiger partial charge in [-0.25, -0.2) is 9.78 Å². The Hall–Kier alpha value is -2.42. The van der Waals surface area contributed by atoms with Crippen molar-refractivity contribution >= 4 is 17.9 Å². The first-order valence-electron chi connectivity index (χ1n) is 5.85. The Labute approximate surface area is 112 Å². The number of hydrogen-bond acceptors (Lipinski definition) is 5. The van der Waals surface area contributed by atoms with Crippen molar-refractivity contribution in [3.8, 4) is 0 Å². The molecule has 0 amide bonds. The molecule has 108 valence electrons. The van der Waals surface area contributed by atoms with Gasteiger partial charge in [0.1, 0.15) is 6.04 Å².